The Morgan fingerprint density at radius 2 is 2.23 bits per heavy atom. The standard InChI is InChI=1S/C19H28FN3O3/c1-5-21-19(23-11-13(2)17(12-23)18(24)25-4)22-10-14(3)26-16-8-6-7-15(20)9-16/h6-9,13-14,17H,5,10-12H2,1-4H3,(H,21,22). The largest absolute Gasteiger partial charge is 0.489 e. The average molecular weight is 365 g/mol. The van der Waals surface area contributed by atoms with Crippen LogP contribution in [0.4, 0.5) is 4.39 Å². The number of nitrogens with zero attached hydrogens (tertiary/aromatic N) is 2. The summed E-state index contributed by atoms with van der Waals surface area (Å²) in [6.45, 7) is 8.41. The summed E-state index contributed by atoms with van der Waals surface area (Å²) in [5.41, 5.74) is 0. The zero-order chi connectivity index (χ0) is 19.1. The molecule has 0 bridgehead atoms. The highest BCUT2D eigenvalue weighted by Crippen LogP contribution is 2.24. The number of hydrogen-bond donors (Lipinski definition) is 1. The molecule has 0 aromatic heterocycles. The van der Waals surface area contributed by atoms with Gasteiger partial charge >= 0.3 is 5.97 Å². The summed E-state index contributed by atoms with van der Waals surface area (Å²) in [6, 6.07) is 6.07. The third-order valence-corrected chi connectivity index (χ3v) is 4.38. The Morgan fingerprint density at radius 3 is 2.88 bits per heavy atom. The minimum Gasteiger partial charge on any atom is -0.489 e. The fourth-order valence-electron chi connectivity index (χ4n) is 3.05. The van der Waals surface area contributed by atoms with Gasteiger partial charge in [-0.1, -0.05) is 13.0 Å². The molecule has 0 aliphatic carbocycles. The SMILES string of the molecule is CCNC(=NCC(C)Oc1cccc(F)c1)N1CC(C)C(C(=O)OC)C1. The molecule has 1 fully saturated rings. The highest BCUT2D eigenvalue weighted by atomic mass is 19.1. The van der Waals surface area contributed by atoms with E-state index in [2.05, 4.69) is 15.2 Å². The summed E-state index contributed by atoms with van der Waals surface area (Å²) in [5.74, 6) is 0.779. The van der Waals surface area contributed by atoms with Crippen LogP contribution in [0.2, 0.25) is 0 Å². The quantitative estimate of drug-likeness (QED) is 0.476. The van der Waals surface area contributed by atoms with Gasteiger partial charge in [0, 0.05) is 25.7 Å². The minimum absolute atomic E-state index is 0.148. The van der Waals surface area contributed by atoms with Gasteiger partial charge < -0.3 is 19.7 Å². The molecule has 1 heterocycles. The lowest BCUT2D eigenvalue weighted by Gasteiger charge is -2.22. The number of carbonyl (C=O) groups is 1. The molecule has 26 heavy (non-hydrogen) atoms. The fraction of sp³-hybridized carbons (Fsp3) is 0.579. The average Bonchev–Trinajstić information content (AvgIpc) is 2.99. The maximum Gasteiger partial charge on any atom is 0.310 e. The normalized spacial score (nSPS) is 21.4. The number of hydrogen-bond acceptors (Lipinski definition) is 4. The maximum absolute atomic E-state index is 13.2. The highest BCUT2D eigenvalue weighted by Gasteiger charge is 2.36. The van der Waals surface area contributed by atoms with Gasteiger partial charge in [-0.2, -0.15) is 0 Å². The van der Waals surface area contributed by atoms with Crippen LogP contribution >= 0.6 is 0 Å². The number of likely N-dealkylation sites (tertiary alicyclic amines) is 1. The first-order valence-electron chi connectivity index (χ1n) is 8.97. The molecule has 0 amide bonds. The number of guanidine groups is 1. The lowest BCUT2D eigenvalue weighted by atomic mass is 9.99. The van der Waals surface area contributed by atoms with E-state index in [-0.39, 0.29) is 29.7 Å². The first-order valence-corrected chi connectivity index (χ1v) is 8.97. The molecule has 1 aliphatic heterocycles. The molecule has 2 rings (SSSR count). The van der Waals surface area contributed by atoms with Crippen molar-refractivity contribution in [3.05, 3.63) is 30.1 Å². The number of benzene rings is 1. The Morgan fingerprint density at radius 1 is 1.46 bits per heavy atom. The summed E-state index contributed by atoms with van der Waals surface area (Å²) < 4.78 is 23.8. The molecule has 1 saturated heterocycles. The second kappa shape index (κ2) is 9.40. The van der Waals surface area contributed by atoms with Crippen molar-refractivity contribution in [2.24, 2.45) is 16.8 Å². The zero-order valence-electron chi connectivity index (χ0n) is 15.9. The molecular formula is C19H28FN3O3. The van der Waals surface area contributed by atoms with Crippen molar-refractivity contribution < 1.29 is 18.7 Å². The summed E-state index contributed by atoms with van der Waals surface area (Å²) in [6.07, 6.45) is -0.207. The van der Waals surface area contributed by atoms with Gasteiger partial charge in [0.05, 0.1) is 19.6 Å². The van der Waals surface area contributed by atoms with Crippen molar-refractivity contribution in [2.45, 2.75) is 26.9 Å². The number of rotatable bonds is 6. The molecule has 7 heteroatoms. The smallest absolute Gasteiger partial charge is 0.310 e. The van der Waals surface area contributed by atoms with Crippen LogP contribution in [0, 0.1) is 17.7 Å². The Hall–Kier alpha value is -2.31. The van der Waals surface area contributed by atoms with Crippen LogP contribution in [0.5, 0.6) is 5.75 Å². The number of nitrogens with one attached hydrogen (secondary N) is 1. The molecular weight excluding hydrogens is 337 g/mol. The number of ether oxygens (including phenoxy) is 2. The van der Waals surface area contributed by atoms with Crippen LogP contribution < -0.4 is 10.1 Å². The summed E-state index contributed by atoms with van der Waals surface area (Å²) in [5, 5.41) is 3.26. The van der Waals surface area contributed by atoms with Crippen molar-refractivity contribution in [1.29, 1.82) is 0 Å². The molecule has 0 saturated carbocycles. The third-order valence-electron chi connectivity index (χ3n) is 4.38. The molecule has 144 valence electrons. The van der Waals surface area contributed by atoms with Gasteiger partial charge in [0.25, 0.3) is 0 Å². The molecule has 3 unspecified atom stereocenters. The van der Waals surface area contributed by atoms with E-state index >= 15 is 0 Å². The van der Waals surface area contributed by atoms with Crippen LogP contribution in [-0.2, 0) is 9.53 Å². The number of aliphatic imine (C=N–C) groups is 1. The number of esters is 1. The Labute approximate surface area is 154 Å². The van der Waals surface area contributed by atoms with Crippen LogP contribution in [0.25, 0.3) is 0 Å². The zero-order valence-corrected chi connectivity index (χ0v) is 15.9. The number of methoxy groups -OCH3 is 1. The second-order valence-electron chi connectivity index (χ2n) is 6.59. The number of carbonyl (C=O) groups excluding carboxylic acids is 1. The topological polar surface area (TPSA) is 63.2 Å². The van der Waals surface area contributed by atoms with E-state index in [4.69, 9.17) is 9.47 Å². The summed E-state index contributed by atoms with van der Waals surface area (Å²) >= 11 is 0. The van der Waals surface area contributed by atoms with Gasteiger partial charge in [-0.15, -0.1) is 0 Å². The Bertz CT molecular complexity index is 638. The maximum atomic E-state index is 13.2. The van der Waals surface area contributed by atoms with Gasteiger partial charge in [-0.3, -0.25) is 4.79 Å². The lowest BCUT2D eigenvalue weighted by molar-refractivity contribution is -0.145. The van der Waals surface area contributed by atoms with E-state index in [0.29, 0.717) is 18.8 Å². The summed E-state index contributed by atoms with van der Waals surface area (Å²) in [4.78, 5) is 18.6. The monoisotopic (exact) mass is 365 g/mol. The highest BCUT2D eigenvalue weighted by molar-refractivity contribution is 5.82. The molecule has 1 aromatic carbocycles. The molecule has 1 N–H and O–H groups in total. The van der Waals surface area contributed by atoms with E-state index < -0.39 is 0 Å². The molecule has 1 aliphatic rings. The summed E-state index contributed by atoms with van der Waals surface area (Å²) in [7, 11) is 1.42. The second-order valence-corrected chi connectivity index (χ2v) is 6.59. The molecule has 6 nitrogen and oxygen atoms in total. The Balaban J connectivity index is 1.99. The fourth-order valence-corrected chi connectivity index (χ4v) is 3.05. The van der Waals surface area contributed by atoms with Gasteiger partial charge in [0.1, 0.15) is 17.7 Å². The molecule has 0 spiro atoms. The predicted molar refractivity (Wildman–Crippen MR) is 98.7 cm³/mol. The van der Waals surface area contributed by atoms with Crippen LogP contribution in [0.3, 0.4) is 0 Å². The first kappa shape index (κ1) is 20.0. The van der Waals surface area contributed by atoms with Crippen LogP contribution in [-0.4, -0.2) is 56.2 Å². The molecule has 3 atom stereocenters. The van der Waals surface area contributed by atoms with Gasteiger partial charge in [-0.05, 0) is 31.9 Å². The van der Waals surface area contributed by atoms with Crippen LogP contribution in [0.1, 0.15) is 20.8 Å². The molecule has 1 aromatic rings. The van der Waals surface area contributed by atoms with E-state index in [1.807, 2.05) is 20.8 Å². The van der Waals surface area contributed by atoms with E-state index in [9.17, 15) is 9.18 Å². The van der Waals surface area contributed by atoms with Crippen molar-refractivity contribution in [1.82, 2.24) is 10.2 Å². The van der Waals surface area contributed by atoms with Crippen LogP contribution in [0.15, 0.2) is 29.3 Å². The van der Waals surface area contributed by atoms with Crippen molar-refractivity contribution in [2.75, 3.05) is 33.3 Å². The van der Waals surface area contributed by atoms with E-state index in [0.717, 1.165) is 19.0 Å². The van der Waals surface area contributed by atoms with Gasteiger partial charge in [0.2, 0.25) is 0 Å². The Kier molecular flexibility index (Phi) is 7.24. The predicted octanol–water partition coefficient (Wildman–Crippen LogP) is 2.30. The first-order chi connectivity index (χ1) is 12.4. The molecule has 0 radical (unpaired) electrons. The lowest BCUT2D eigenvalue weighted by Crippen LogP contribution is -2.41. The van der Waals surface area contributed by atoms with Crippen molar-refractivity contribution >= 4 is 11.9 Å². The minimum atomic E-state index is -0.327. The van der Waals surface area contributed by atoms with Gasteiger partial charge in [-0.25, -0.2) is 9.38 Å². The number of halogens is 1. The van der Waals surface area contributed by atoms with E-state index in [1.54, 1.807) is 12.1 Å². The van der Waals surface area contributed by atoms with Crippen molar-refractivity contribution in [3.63, 3.8) is 0 Å². The third kappa shape index (κ3) is 5.34. The van der Waals surface area contributed by atoms with E-state index in [1.165, 1.54) is 19.2 Å². The van der Waals surface area contributed by atoms with Gasteiger partial charge in [0.15, 0.2) is 5.96 Å². The van der Waals surface area contributed by atoms with Crippen molar-refractivity contribution in [3.8, 4) is 5.75 Å².